The molecule has 5 rings (SSSR count). The summed E-state index contributed by atoms with van der Waals surface area (Å²) in [5.74, 6) is -1.66. The zero-order valence-corrected chi connectivity index (χ0v) is 28.9. The molecule has 288 valence electrons. The summed E-state index contributed by atoms with van der Waals surface area (Å²) in [4.78, 5) is 36.9. The molecule has 0 aliphatic carbocycles. The van der Waals surface area contributed by atoms with Crippen molar-refractivity contribution in [1.82, 2.24) is 14.8 Å². The Kier molecular flexibility index (Phi) is 12.1. The summed E-state index contributed by atoms with van der Waals surface area (Å²) in [7, 11) is 1.55. The first kappa shape index (κ1) is 39.6. The molecule has 0 bridgehead atoms. The number of likely N-dealkylation sites (tertiary alicyclic amines) is 1. The van der Waals surface area contributed by atoms with Gasteiger partial charge in [-0.05, 0) is 55.8 Å². The Morgan fingerprint density at radius 2 is 1.60 bits per heavy atom. The van der Waals surface area contributed by atoms with Crippen molar-refractivity contribution in [2.45, 2.75) is 56.0 Å². The highest BCUT2D eigenvalue weighted by atomic mass is 19.4. The second kappa shape index (κ2) is 16.2. The van der Waals surface area contributed by atoms with E-state index in [2.05, 4.69) is 4.98 Å². The Bertz CT molecular complexity index is 1720. The Hall–Kier alpha value is -4.61. The smallest absolute Gasteiger partial charge is 0.417 e. The monoisotopic (exact) mass is 754 g/mol. The maximum absolute atomic E-state index is 14.9. The number of para-hydroxylation sites is 2. The van der Waals surface area contributed by atoms with Crippen molar-refractivity contribution in [1.29, 1.82) is 0 Å². The molecule has 2 aliphatic rings. The number of pyridine rings is 1. The first-order chi connectivity index (χ1) is 25.1. The molecule has 3 aromatic rings. The molecule has 2 unspecified atom stereocenters. The molecule has 2 aliphatic heterocycles. The summed E-state index contributed by atoms with van der Waals surface area (Å²) in [6.45, 7) is 2.29. The summed E-state index contributed by atoms with van der Waals surface area (Å²) >= 11 is 0. The van der Waals surface area contributed by atoms with E-state index in [-0.39, 0.29) is 51.3 Å². The van der Waals surface area contributed by atoms with Crippen LogP contribution >= 0.6 is 0 Å². The number of piperidine rings is 1. The Morgan fingerprint density at radius 3 is 2.23 bits per heavy atom. The molecule has 0 saturated carbocycles. The minimum atomic E-state index is -4.97. The van der Waals surface area contributed by atoms with E-state index in [0.29, 0.717) is 25.0 Å². The van der Waals surface area contributed by atoms with E-state index in [1.54, 1.807) is 19.2 Å². The van der Waals surface area contributed by atoms with Gasteiger partial charge in [0, 0.05) is 58.6 Å². The lowest BCUT2D eigenvalue weighted by Gasteiger charge is -2.52. The fourth-order valence-electron chi connectivity index (χ4n) is 6.77. The minimum absolute atomic E-state index is 0.0189. The maximum atomic E-state index is 14.9. The number of benzene rings is 2. The third-order valence-electron chi connectivity index (χ3n) is 9.36. The predicted octanol–water partition coefficient (Wildman–Crippen LogP) is 4.66. The lowest BCUT2D eigenvalue weighted by Crippen LogP contribution is -2.73. The van der Waals surface area contributed by atoms with E-state index in [1.165, 1.54) is 11.8 Å². The van der Waals surface area contributed by atoms with Gasteiger partial charge in [-0.2, -0.15) is 26.3 Å². The molecule has 17 heteroatoms. The fourth-order valence-corrected chi connectivity index (χ4v) is 6.77. The van der Waals surface area contributed by atoms with Gasteiger partial charge in [-0.25, -0.2) is 0 Å². The van der Waals surface area contributed by atoms with Gasteiger partial charge in [0.15, 0.2) is 0 Å². The number of aliphatic hydroxyl groups excluding tert-OH is 2. The number of nitrogens with zero attached hydrogens (tertiary/aromatic N) is 4. The van der Waals surface area contributed by atoms with Crippen LogP contribution in [0.25, 0.3) is 0 Å². The number of aromatic nitrogens is 1. The van der Waals surface area contributed by atoms with Gasteiger partial charge in [-0.15, -0.1) is 0 Å². The SMILES string of the molecule is COCCOc1ccccc1N1CCN(C(=O)[C@]2(Oc3ccc(C(F)(F)F)cc3)CCCN(C(=O)c3cnccc3C(F)(F)F)[C@@H]2C(O)C(C)O)CC1. The van der Waals surface area contributed by atoms with Crippen LogP contribution in [0.4, 0.5) is 32.0 Å². The molecule has 1 aromatic heterocycles. The number of methoxy groups -OCH3 is 1. The van der Waals surface area contributed by atoms with E-state index < -0.39 is 64.7 Å². The number of carbonyl (C=O) groups is 2. The van der Waals surface area contributed by atoms with Crippen LogP contribution in [0.2, 0.25) is 0 Å². The molecule has 2 N–H and O–H groups in total. The number of ether oxygens (including phenoxy) is 3. The summed E-state index contributed by atoms with van der Waals surface area (Å²) in [5.41, 5.74) is -4.70. The van der Waals surface area contributed by atoms with Crippen LogP contribution in [0.5, 0.6) is 11.5 Å². The predicted molar refractivity (Wildman–Crippen MR) is 178 cm³/mol. The Morgan fingerprint density at radius 1 is 0.925 bits per heavy atom. The lowest BCUT2D eigenvalue weighted by molar-refractivity contribution is -0.171. The van der Waals surface area contributed by atoms with Crippen molar-refractivity contribution in [2.24, 2.45) is 0 Å². The van der Waals surface area contributed by atoms with Gasteiger partial charge in [0.1, 0.15) is 30.3 Å². The number of halogens is 6. The number of hydrogen-bond donors (Lipinski definition) is 2. The van der Waals surface area contributed by atoms with Gasteiger partial charge in [0.25, 0.3) is 11.8 Å². The standard InChI is InChI=1S/C36H40F6N4O7/c1-23(47)30(48)31-34(53-25-10-8-24(9-11-25)35(37,38)39,13-5-15-46(31)32(49)26-22-43-14-12-27(26)36(40,41)42)33(50)45-18-16-44(17-19-45)28-6-3-4-7-29(28)52-21-20-51-2/h3-4,6-12,14,22-23,30-31,47-48H,5,13,15-21H2,1-2H3/t23?,30?,31-,34+/m1/s1. The highest BCUT2D eigenvalue weighted by Gasteiger charge is 2.59. The number of aliphatic hydroxyl groups is 2. The molecule has 0 radical (unpaired) electrons. The topological polar surface area (TPSA) is 125 Å². The largest absolute Gasteiger partial charge is 0.489 e. The highest BCUT2D eigenvalue weighted by molar-refractivity contribution is 5.97. The van der Waals surface area contributed by atoms with E-state index >= 15 is 0 Å². The van der Waals surface area contributed by atoms with Crippen LogP contribution in [-0.4, -0.2) is 114 Å². The van der Waals surface area contributed by atoms with Crippen LogP contribution in [0.1, 0.15) is 41.3 Å². The normalized spacial score (nSPS) is 20.9. The number of rotatable bonds is 11. The summed E-state index contributed by atoms with van der Waals surface area (Å²) in [6, 6.07) is 9.51. The van der Waals surface area contributed by atoms with E-state index in [0.717, 1.165) is 47.2 Å². The Balaban J connectivity index is 1.54. The molecule has 3 heterocycles. The van der Waals surface area contributed by atoms with Crippen LogP contribution in [-0.2, 0) is 21.9 Å². The van der Waals surface area contributed by atoms with Crippen molar-refractivity contribution < 1.29 is 60.4 Å². The van der Waals surface area contributed by atoms with Gasteiger partial charge in [0.2, 0.25) is 5.60 Å². The maximum Gasteiger partial charge on any atom is 0.417 e. The van der Waals surface area contributed by atoms with E-state index in [4.69, 9.17) is 14.2 Å². The third-order valence-corrected chi connectivity index (χ3v) is 9.36. The summed E-state index contributed by atoms with van der Waals surface area (Å²) in [6.07, 6.45) is -11.9. The van der Waals surface area contributed by atoms with Gasteiger partial charge in [0.05, 0.1) is 35.1 Å². The number of amides is 2. The van der Waals surface area contributed by atoms with Crippen LogP contribution in [0.3, 0.4) is 0 Å². The van der Waals surface area contributed by atoms with Crippen molar-refractivity contribution >= 4 is 17.5 Å². The number of carbonyl (C=O) groups excluding carboxylic acids is 2. The average Bonchev–Trinajstić information content (AvgIpc) is 3.13. The molecular formula is C36H40F6N4O7. The molecule has 2 saturated heterocycles. The van der Waals surface area contributed by atoms with Crippen LogP contribution in [0, 0.1) is 0 Å². The van der Waals surface area contributed by atoms with Gasteiger partial charge >= 0.3 is 12.4 Å². The molecule has 2 amide bonds. The zero-order chi connectivity index (χ0) is 38.6. The van der Waals surface area contributed by atoms with Crippen LogP contribution in [0.15, 0.2) is 67.0 Å². The number of hydrogen-bond acceptors (Lipinski definition) is 9. The molecule has 2 aromatic carbocycles. The molecule has 4 atom stereocenters. The zero-order valence-electron chi connectivity index (χ0n) is 28.9. The highest BCUT2D eigenvalue weighted by Crippen LogP contribution is 2.41. The van der Waals surface area contributed by atoms with Gasteiger partial charge < -0.3 is 39.1 Å². The molecular weight excluding hydrogens is 714 g/mol. The first-order valence-corrected chi connectivity index (χ1v) is 16.9. The Labute approximate surface area is 301 Å². The number of alkyl halides is 6. The second-order valence-corrected chi connectivity index (χ2v) is 12.8. The van der Waals surface area contributed by atoms with Crippen molar-refractivity contribution in [3.63, 3.8) is 0 Å². The number of piperazine rings is 1. The van der Waals surface area contributed by atoms with Gasteiger partial charge in [-0.3, -0.25) is 14.6 Å². The quantitative estimate of drug-likeness (QED) is 0.213. The second-order valence-electron chi connectivity index (χ2n) is 12.8. The van der Waals surface area contributed by atoms with E-state index in [1.807, 2.05) is 17.0 Å². The van der Waals surface area contributed by atoms with E-state index in [9.17, 15) is 46.1 Å². The average molecular weight is 755 g/mol. The molecule has 0 spiro atoms. The lowest BCUT2D eigenvalue weighted by atomic mass is 9.77. The molecule has 2 fully saturated rings. The first-order valence-electron chi connectivity index (χ1n) is 16.9. The summed E-state index contributed by atoms with van der Waals surface area (Å²) < 4.78 is 99.8. The van der Waals surface area contributed by atoms with Gasteiger partial charge in [-0.1, -0.05) is 12.1 Å². The number of anilines is 1. The minimum Gasteiger partial charge on any atom is -0.489 e. The van der Waals surface area contributed by atoms with Crippen molar-refractivity contribution in [3.8, 4) is 11.5 Å². The van der Waals surface area contributed by atoms with Crippen molar-refractivity contribution in [2.75, 3.05) is 57.9 Å². The molecule has 53 heavy (non-hydrogen) atoms. The fraction of sp³-hybridized carbons (Fsp3) is 0.472. The summed E-state index contributed by atoms with van der Waals surface area (Å²) in [5, 5.41) is 22.3. The third kappa shape index (κ3) is 8.63. The van der Waals surface area contributed by atoms with Crippen LogP contribution < -0.4 is 14.4 Å². The van der Waals surface area contributed by atoms with Crippen molar-refractivity contribution in [3.05, 3.63) is 83.7 Å². The molecule has 11 nitrogen and oxygen atoms in total.